The van der Waals surface area contributed by atoms with Gasteiger partial charge < -0.3 is 10.6 Å². The van der Waals surface area contributed by atoms with Crippen molar-refractivity contribution in [2.24, 2.45) is 0 Å². The van der Waals surface area contributed by atoms with Crippen LogP contribution in [0.4, 0.5) is 0 Å². The minimum absolute atomic E-state index is 0.110. The molecule has 1 aliphatic rings. The molecule has 0 spiro atoms. The molecule has 1 aromatic heterocycles. The molecule has 102 valence electrons. The van der Waals surface area contributed by atoms with Crippen molar-refractivity contribution in [3.8, 4) is 0 Å². The first kappa shape index (κ1) is 13.5. The number of amides is 2. The third-order valence-electron chi connectivity index (χ3n) is 3.21. The van der Waals surface area contributed by atoms with Crippen molar-refractivity contribution in [3.63, 3.8) is 0 Å². The molecule has 0 bridgehead atoms. The van der Waals surface area contributed by atoms with Crippen molar-refractivity contribution < 1.29 is 9.59 Å². The number of nitrogens with zero attached hydrogens (tertiary/aromatic N) is 2. The molecule has 2 amide bonds. The molecule has 6 nitrogen and oxygen atoms in total. The van der Waals surface area contributed by atoms with Crippen LogP contribution in [0.25, 0.3) is 0 Å². The summed E-state index contributed by atoms with van der Waals surface area (Å²) in [6.45, 7) is 2.61. The maximum absolute atomic E-state index is 12.2. The molecule has 1 atom stereocenters. The molecule has 2 rings (SSSR count). The van der Waals surface area contributed by atoms with Gasteiger partial charge in [0, 0.05) is 12.7 Å². The molecule has 0 aliphatic carbocycles. The summed E-state index contributed by atoms with van der Waals surface area (Å²) in [6, 6.07) is -0.458. The summed E-state index contributed by atoms with van der Waals surface area (Å²) in [5.74, 6) is -0.389. The summed E-state index contributed by atoms with van der Waals surface area (Å²) in [6.07, 6.45) is 6.13. The third kappa shape index (κ3) is 3.27. The highest BCUT2D eigenvalue weighted by atomic mass is 16.2. The van der Waals surface area contributed by atoms with E-state index in [1.807, 2.05) is 6.92 Å². The Morgan fingerprint density at radius 3 is 3.16 bits per heavy atom. The Labute approximate surface area is 112 Å². The average Bonchev–Trinajstić information content (AvgIpc) is 2.64. The summed E-state index contributed by atoms with van der Waals surface area (Å²) >= 11 is 0. The zero-order valence-corrected chi connectivity index (χ0v) is 11.0. The number of carbonyl (C=O) groups is 2. The van der Waals surface area contributed by atoms with E-state index in [0.717, 1.165) is 12.8 Å². The van der Waals surface area contributed by atoms with Crippen LogP contribution >= 0.6 is 0 Å². The van der Waals surface area contributed by atoms with Crippen molar-refractivity contribution in [2.75, 3.05) is 6.54 Å². The topological polar surface area (TPSA) is 84.0 Å². The maximum atomic E-state index is 12.2. The van der Waals surface area contributed by atoms with Crippen LogP contribution < -0.4 is 10.6 Å². The Hall–Kier alpha value is -1.98. The Kier molecular flexibility index (Phi) is 4.43. The van der Waals surface area contributed by atoms with E-state index in [4.69, 9.17) is 0 Å². The lowest BCUT2D eigenvalue weighted by Gasteiger charge is -2.15. The van der Waals surface area contributed by atoms with Gasteiger partial charge in [-0.25, -0.2) is 9.97 Å². The predicted molar refractivity (Wildman–Crippen MR) is 69.5 cm³/mol. The molecule has 0 saturated carbocycles. The van der Waals surface area contributed by atoms with E-state index in [1.54, 1.807) is 0 Å². The molecular formula is C13H18N4O2. The summed E-state index contributed by atoms with van der Waals surface area (Å²) in [5.41, 5.74) is 1.14. The molecule has 1 fully saturated rings. The standard InChI is InChI=1S/C13H18N4O2/c1-2-10-9(7-14-8-16-10)12(18)17-11-5-3-4-6-15-13(11)19/h7-8,11H,2-6H2,1H3,(H,15,19)(H,17,18). The molecule has 2 heterocycles. The molecule has 6 heteroatoms. The van der Waals surface area contributed by atoms with E-state index in [2.05, 4.69) is 20.6 Å². The van der Waals surface area contributed by atoms with Gasteiger partial charge in [-0.15, -0.1) is 0 Å². The lowest BCUT2D eigenvalue weighted by molar-refractivity contribution is -0.122. The molecule has 1 unspecified atom stereocenters. The van der Waals surface area contributed by atoms with Crippen molar-refractivity contribution in [1.82, 2.24) is 20.6 Å². The van der Waals surface area contributed by atoms with Crippen molar-refractivity contribution >= 4 is 11.8 Å². The molecule has 2 N–H and O–H groups in total. The monoisotopic (exact) mass is 262 g/mol. The molecule has 1 saturated heterocycles. The number of rotatable bonds is 3. The third-order valence-corrected chi connectivity index (χ3v) is 3.21. The molecule has 0 radical (unpaired) electrons. The number of nitrogens with one attached hydrogen (secondary N) is 2. The number of aromatic nitrogens is 2. The van der Waals surface area contributed by atoms with Crippen LogP contribution in [0.3, 0.4) is 0 Å². The molecular weight excluding hydrogens is 244 g/mol. The Balaban J connectivity index is 2.09. The summed E-state index contributed by atoms with van der Waals surface area (Å²) in [5, 5.41) is 5.56. The maximum Gasteiger partial charge on any atom is 0.255 e. The van der Waals surface area contributed by atoms with Crippen LogP contribution in [0.1, 0.15) is 42.2 Å². The second-order valence-electron chi connectivity index (χ2n) is 4.55. The molecule has 1 aromatic rings. The lowest BCUT2D eigenvalue weighted by Crippen LogP contribution is -2.45. The molecule has 1 aliphatic heterocycles. The minimum atomic E-state index is -0.458. The van der Waals surface area contributed by atoms with Gasteiger partial charge in [0.15, 0.2) is 0 Å². The molecule has 19 heavy (non-hydrogen) atoms. The van der Waals surface area contributed by atoms with Crippen LogP contribution in [0, 0.1) is 0 Å². The number of hydrogen-bond acceptors (Lipinski definition) is 4. The van der Waals surface area contributed by atoms with Gasteiger partial charge in [-0.1, -0.05) is 6.92 Å². The molecule has 0 aromatic carbocycles. The smallest absolute Gasteiger partial charge is 0.255 e. The van der Waals surface area contributed by atoms with Crippen LogP contribution in [-0.4, -0.2) is 34.4 Å². The van der Waals surface area contributed by atoms with Gasteiger partial charge in [0.2, 0.25) is 5.91 Å². The second kappa shape index (κ2) is 6.26. The summed E-state index contributed by atoms with van der Waals surface area (Å²) in [4.78, 5) is 31.9. The van der Waals surface area contributed by atoms with Crippen molar-refractivity contribution in [3.05, 3.63) is 23.8 Å². The normalized spacial score (nSPS) is 19.4. The fraction of sp³-hybridized carbons (Fsp3) is 0.538. The van der Waals surface area contributed by atoms with E-state index >= 15 is 0 Å². The van der Waals surface area contributed by atoms with Crippen LogP contribution in [0.2, 0.25) is 0 Å². The van der Waals surface area contributed by atoms with E-state index in [-0.39, 0.29) is 11.8 Å². The number of carbonyl (C=O) groups excluding carboxylic acids is 2. The summed E-state index contributed by atoms with van der Waals surface area (Å²) < 4.78 is 0. The highest BCUT2D eigenvalue weighted by Crippen LogP contribution is 2.09. The second-order valence-corrected chi connectivity index (χ2v) is 4.55. The number of hydrogen-bond donors (Lipinski definition) is 2. The van der Waals surface area contributed by atoms with Crippen molar-refractivity contribution in [1.29, 1.82) is 0 Å². The van der Waals surface area contributed by atoms with Crippen LogP contribution in [0.5, 0.6) is 0 Å². The Morgan fingerprint density at radius 1 is 1.53 bits per heavy atom. The average molecular weight is 262 g/mol. The van der Waals surface area contributed by atoms with Crippen LogP contribution in [0.15, 0.2) is 12.5 Å². The van der Waals surface area contributed by atoms with Gasteiger partial charge in [0.1, 0.15) is 12.4 Å². The lowest BCUT2D eigenvalue weighted by atomic mass is 10.1. The quantitative estimate of drug-likeness (QED) is 0.827. The summed E-state index contributed by atoms with van der Waals surface area (Å²) in [7, 11) is 0. The van der Waals surface area contributed by atoms with E-state index in [0.29, 0.717) is 30.6 Å². The first-order chi connectivity index (χ1) is 9.22. The van der Waals surface area contributed by atoms with Gasteiger partial charge in [0.25, 0.3) is 5.91 Å². The van der Waals surface area contributed by atoms with Gasteiger partial charge in [-0.2, -0.15) is 0 Å². The van der Waals surface area contributed by atoms with Gasteiger partial charge in [0.05, 0.1) is 11.3 Å². The largest absolute Gasteiger partial charge is 0.354 e. The fourth-order valence-corrected chi connectivity index (χ4v) is 2.14. The highest BCUT2D eigenvalue weighted by molar-refractivity contribution is 5.98. The van der Waals surface area contributed by atoms with E-state index in [9.17, 15) is 9.59 Å². The zero-order valence-electron chi connectivity index (χ0n) is 11.0. The fourth-order valence-electron chi connectivity index (χ4n) is 2.14. The zero-order chi connectivity index (χ0) is 13.7. The highest BCUT2D eigenvalue weighted by Gasteiger charge is 2.23. The minimum Gasteiger partial charge on any atom is -0.354 e. The predicted octanol–water partition coefficient (Wildman–Crippen LogP) is 0.437. The SMILES string of the molecule is CCc1ncncc1C(=O)NC1CCCCNC1=O. The Bertz CT molecular complexity index is 475. The Morgan fingerprint density at radius 2 is 2.37 bits per heavy atom. The first-order valence-electron chi connectivity index (χ1n) is 6.59. The van der Waals surface area contributed by atoms with Crippen LogP contribution in [-0.2, 0) is 11.2 Å². The first-order valence-corrected chi connectivity index (χ1v) is 6.59. The van der Waals surface area contributed by atoms with E-state index in [1.165, 1.54) is 12.5 Å². The van der Waals surface area contributed by atoms with E-state index < -0.39 is 6.04 Å². The van der Waals surface area contributed by atoms with Gasteiger partial charge in [-0.05, 0) is 25.7 Å². The van der Waals surface area contributed by atoms with Crippen molar-refractivity contribution in [2.45, 2.75) is 38.6 Å². The number of aryl methyl sites for hydroxylation is 1. The van der Waals surface area contributed by atoms with Gasteiger partial charge >= 0.3 is 0 Å². The van der Waals surface area contributed by atoms with Gasteiger partial charge in [-0.3, -0.25) is 9.59 Å².